The third kappa shape index (κ3) is 7.24. The molecule has 10 rings (SSSR count). The molecule has 0 saturated heterocycles. The molecule has 0 aliphatic rings. The molecule has 0 atom stereocenters. The summed E-state index contributed by atoms with van der Waals surface area (Å²) in [5.41, 5.74) is 10.9. The minimum absolute atomic E-state index is 0. The SMILES string of the molecule is [2H]C(C)(C)c1cc(-c2[c-]cccc2)ncc1[Si](C)(C)C.[Ir].[c-]1ccc2c(oc3c4ccccc4ccc23)c1-c1nc2ccccc2n1-c1ccccc1-c1ccccc1. The molecule has 1 radical (unpaired) electrons. The van der Waals surface area contributed by atoms with E-state index in [9.17, 15) is 0 Å². The zero-order valence-corrected chi connectivity index (χ0v) is 36.6. The fourth-order valence-electron chi connectivity index (χ4n) is 7.77. The van der Waals surface area contributed by atoms with Gasteiger partial charge >= 0.3 is 0 Å². The fourth-order valence-corrected chi connectivity index (χ4v) is 9.35. The van der Waals surface area contributed by atoms with Crippen LogP contribution in [-0.2, 0) is 20.1 Å². The Bertz CT molecular complexity index is 3090. The molecule has 0 amide bonds. The smallest absolute Gasteiger partial charge is 0.128 e. The van der Waals surface area contributed by atoms with Crippen LogP contribution < -0.4 is 5.19 Å². The van der Waals surface area contributed by atoms with Crippen LogP contribution in [0.1, 0.15) is 26.7 Å². The molecule has 0 spiro atoms. The first kappa shape index (κ1) is 37.7. The molecule has 0 aliphatic heterocycles. The van der Waals surface area contributed by atoms with Crippen LogP contribution in [0.25, 0.3) is 83.2 Å². The standard InChI is InChI=1S/C35H21N2O.C17H22NSi.Ir/c1-2-11-23(12-3-1)25-14-6-8-19-31(25)37-32-20-9-7-18-30(32)36-35(37)29-17-10-16-27-28-22-21-24-13-4-5-15-26(24)33(28)38-34(27)29;1-13(2)15-11-16(14-9-7-6-8-10-14)18-12-17(15)19(3,4)5;/h1-16,18-22H;6-9,11-13H,1-5H3;/q2*-1;/i;13D;. The number of hydrogen-bond acceptors (Lipinski definition) is 3. The number of rotatable bonds is 6. The molecule has 3 aromatic heterocycles. The molecular formula is C52H43IrN3OSi-2. The van der Waals surface area contributed by atoms with Crippen molar-refractivity contribution >= 4 is 57.0 Å². The van der Waals surface area contributed by atoms with Gasteiger partial charge in [0, 0.05) is 49.7 Å². The molecule has 0 bridgehead atoms. The van der Waals surface area contributed by atoms with Crippen molar-refractivity contribution in [3.63, 3.8) is 0 Å². The first-order valence-electron chi connectivity index (χ1n) is 19.9. The monoisotopic (exact) mass is 947 g/mol. The van der Waals surface area contributed by atoms with Gasteiger partial charge in [-0.3, -0.25) is 4.98 Å². The van der Waals surface area contributed by atoms with E-state index in [0.29, 0.717) is 0 Å². The summed E-state index contributed by atoms with van der Waals surface area (Å²) in [6.45, 7) is 10.8. The summed E-state index contributed by atoms with van der Waals surface area (Å²) in [5.74, 6) is 0.200. The van der Waals surface area contributed by atoms with Crippen molar-refractivity contribution in [1.29, 1.82) is 0 Å². The van der Waals surface area contributed by atoms with Gasteiger partial charge < -0.3 is 14.0 Å². The maximum Gasteiger partial charge on any atom is 0.128 e. The number of nitrogens with zero attached hydrogens (tertiary/aromatic N) is 3. The molecule has 0 aliphatic carbocycles. The van der Waals surface area contributed by atoms with Crippen LogP contribution in [0.4, 0.5) is 0 Å². The van der Waals surface area contributed by atoms with Gasteiger partial charge in [0.05, 0.1) is 30.5 Å². The van der Waals surface area contributed by atoms with E-state index in [-0.39, 0.29) is 20.1 Å². The normalized spacial score (nSPS) is 12.0. The number of benzene rings is 7. The van der Waals surface area contributed by atoms with Crippen molar-refractivity contribution in [2.75, 3.05) is 0 Å². The third-order valence-electron chi connectivity index (χ3n) is 10.6. The van der Waals surface area contributed by atoms with Crippen LogP contribution in [0.15, 0.2) is 168 Å². The Balaban J connectivity index is 0.000000197. The van der Waals surface area contributed by atoms with Gasteiger partial charge in [0.15, 0.2) is 0 Å². The average Bonchev–Trinajstić information content (AvgIpc) is 3.83. The quantitative estimate of drug-likeness (QED) is 0.123. The Morgan fingerprint density at radius 3 is 2.21 bits per heavy atom. The van der Waals surface area contributed by atoms with Gasteiger partial charge in [-0.05, 0) is 45.9 Å². The topological polar surface area (TPSA) is 43.9 Å². The van der Waals surface area contributed by atoms with Gasteiger partial charge in [0.1, 0.15) is 5.58 Å². The Kier molecular flexibility index (Phi) is 10.5. The maximum absolute atomic E-state index is 8.44. The van der Waals surface area contributed by atoms with Gasteiger partial charge in [-0.15, -0.1) is 54.1 Å². The van der Waals surface area contributed by atoms with E-state index in [4.69, 9.17) is 10.8 Å². The molecule has 4 nitrogen and oxygen atoms in total. The summed E-state index contributed by atoms with van der Waals surface area (Å²) < 4.78 is 17.3. The number of para-hydroxylation sites is 3. The molecule has 0 unspecified atom stereocenters. The maximum atomic E-state index is 8.44. The minimum Gasteiger partial charge on any atom is -0.500 e. The first-order chi connectivity index (χ1) is 28.1. The summed E-state index contributed by atoms with van der Waals surface area (Å²) >= 11 is 0. The van der Waals surface area contributed by atoms with E-state index in [0.717, 1.165) is 88.8 Å². The minimum atomic E-state index is -1.50. The van der Waals surface area contributed by atoms with Crippen molar-refractivity contribution < 1.29 is 25.9 Å². The molecule has 10 aromatic rings. The third-order valence-corrected chi connectivity index (χ3v) is 12.6. The van der Waals surface area contributed by atoms with Crippen LogP contribution in [0.5, 0.6) is 0 Å². The van der Waals surface area contributed by atoms with Crippen LogP contribution in [0.3, 0.4) is 0 Å². The molecule has 0 N–H and O–H groups in total. The Morgan fingerprint density at radius 2 is 1.41 bits per heavy atom. The summed E-state index contributed by atoms with van der Waals surface area (Å²) in [7, 11) is -1.50. The summed E-state index contributed by atoms with van der Waals surface area (Å²) in [4.78, 5) is 9.76. The van der Waals surface area contributed by atoms with Crippen LogP contribution in [0.2, 0.25) is 19.6 Å². The predicted molar refractivity (Wildman–Crippen MR) is 241 cm³/mol. The molecule has 6 heteroatoms. The van der Waals surface area contributed by atoms with Crippen molar-refractivity contribution in [2.24, 2.45) is 0 Å². The van der Waals surface area contributed by atoms with Gasteiger partial charge in [-0.1, -0.05) is 153 Å². The Hall–Kier alpha value is -5.91. The Labute approximate surface area is 356 Å². The predicted octanol–water partition coefficient (Wildman–Crippen LogP) is 13.4. The molecule has 0 saturated carbocycles. The van der Waals surface area contributed by atoms with E-state index in [1.54, 1.807) is 0 Å². The number of imidazole rings is 1. The van der Waals surface area contributed by atoms with Gasteiger partial charge in [0.2, 0.25) is 0 Å². The summed E-state index contributed by atoms with van der Waals surface area (Å²) in [5, 5.41) is 5.71. The largest absolute Gasteiger partial charge is 0.500 e. The molecule has 0 fully saturated rings. The van der Waals surface area contributed by atoms with Crippen molar-refractivity contribution in [1.82, 2.24) is 14.5 Å². The van der Waals surface area contributed by atoms with E-state index >= 15 is 0 Å². The molecular weight excluding hydrogens is 903 g/mol. The second kappa shape index (κ2) is 16.1. The van der Waals surface area contributed by atoms with Crippen LogP contribution >= 0.6 is 0 Å². The fraction of sp³-hybridized carbons (Fsp3) is 0.115. The van der Waals surface area contributed by atoms with Gasteiger partial charge in [-0.25, -0.2) is 0 Å². The zero-order chi connectivity index (χ0) is 40.0. The number of pyridine rings is 1. The van der Waals surface area contributed by atoms with Gasteiger partial charge in [-0.2, -0.15) is 0 Å². The molecule has 287 valence electrons. The molecule has 58 heavy (non-hydrogen) atoms. The van der Waals surface area contributed by atoms with Crippen molar-refractivity contribution in [3.8, 4) is 39.5 Å². The number of fused-ring (bicyclic) bond motifs is 6. The summed E-state index contributed by atoms with van der Waals surface area (Å²) in [6, 6.07) is 60.6. The number of furan rings is 1. The summed E-state index contributed by atoms with van der Waals surface area (Å²) in [6.07, 6.45) is 1.98. The van der Waals surface area contributed by atoms with E-state index in [1.807, 2.05) is 62.5 Å². The number of aromatic nitrogens is 3. The average molecular weight is 947 g/mol. The van der Waals surface area contributed by atoms with Crippen molar-refractivity contribution in [2.45, 2.75) is 39.4 Å². The number of hydrogen-bond donors (Lipinski definition) is 0. The van der Waals surface area contributed by atoms with E-state index in [2.05, 4.69) is 157 Å². The van der Waals surface area contributed by atoms with Crippen molar-refractivity contribution in [3.05, 3.63) is 182 Å². The second-order valence-corrected chi connectivity index (χ2v) is 20.7. The van der Waals surface area contributed by atoms with Gasteiger partial charge in [0.25, 0.3) is 0 Å². The van der Waals surface area contributed by atoms with E-state index < -0.39 is 14.0 Å². The zero-order valence-electron chi connectivity index (χ0n) is 34.2. The first-order valence-corrected chi connectivity index (χ1v) is 22.9. The second-order valence-electron chi connectivity index (χ2n) is 15.6. The Morgan fingerprint density at radius 1 is 0.690 bits per heavy atom. The molecule has 7 aromatic carbocycles. The van der Waals surface area contributed by atoms with Crippen LogP contribution in [-0.4, -0.2) is 22.6 Å². The van der Waals surface area contributed by atoms with E-state index in [1.165, 1.54) is 5.19 Å². The molecule has 3 heterocycles. The van der Waals surface area contributed by atoms with Crippen LogP contribution in [0, 0.1) is 12.1 Å².